The van der Waals surface area contributed by atoms with Crippen molar-refractivity contribution in [3.63, 3.8) is 0 Å². The highest BCUT2D eigenvalue weighted by Gasteiger charge is 2.13. The average molecular weight is 588 g/mol. The Kier molecular flexibility index (Phi) is 7.18. The summed E-state index contributed by atoms with van der Waals surface area (Å²) in [4.78, 5) is 14.5. The fourth-order valence-corrected chi connectivity index (χ4v) is 6.01. The molecule has 0 unspecified atom stereocenters. The fraction of sp³-hybridized carbons (Fsp3) is 0. The SMILES string of the molecule is c1ccc(-c2cccc(-c3ccc4nc(-c5cccc(-c6ccccc6)c5)cc(-c5ccc(-c6ccccn6)nc5)c4c3)c2)cc1. The van der Waals surface area contributed by atoms with Crippen molar-refractivity contribution in [3.8, 4) is 67.2 Å². The molecule has 3 aromatic heterocycles. The predicted octanol–water partition coefficient (Wildman–Crippen LogP) is 11.0. The maximum Gasteiger partial charge on any atom is 0.0886 e. The number of rotatable bonds is 6. The van der Waals surface area contributed by atoms with Crippen LogP contribution < -0.4 is 0 Å². The summed E-state index contributed by atoms with van der Waals surface area (Å²) in [6.45, 7) is 0. The highest BCUT2D eigenvalue weighted by atomic mass is 14.8. The lowest BCUT2D eigenvalue weighted by atomic mass is 9.94. The molecule has 5 aromatic carbocycles. The van der Waals surface area contributed by atoms with E-state index < -0.39 is 0 Å². The molecule has 8 rings (SSSR count). The first-order valence-electron chi connectivity index (χ1n) is 15.4. The van der Waals surface area contributed by atoms with Gasteiger partial charge in [-0.1, -0.05) is 115 Å². The predicted molar refractivity (Wildman–Crippen MR) is 190 cm³/mol. The van der Waals surface area contributed by atoms with E-state index in [0.29, 0.717) is 0 Å². The van der Waals surface area contributed by atoms with Gasteiger partial charge >= 0.3 is 0 Å². The molecule has 0 radical (unpaired) electrons. The van der Waals surface area contributed by atoms with Crippen molar-refractivity contribution in [2.24, 2.45) is 0 Å². The van der Waals surface area contributed by atoms with E-state index >= 15 is 0 Å². The molecule has 0 saturated heterocycles. The quantitative estimate of drug-likeness (QED) is 0.194. The van der Waals surface area contributed by atoms with Crippen LogP contribution in [0.2, 0.25) is 0 Å². The molecular formula is C43H29N3. The zero-order valence-electron chi connectivity index (χ0n) is 25.1. The van der Waals surface area contributed by atoms with E-state index in [1.807, 2.05) is 36.5 Å². The van der Waals surface area contributed by atoms with Gasteiger partial charge in [0.25, 0.3) is 0 Å². The number of nitrogens with zero attached hydrogens (tertiary/aromatic N) is 3. The van der Waals surface area contributed by atoms with Gasteiger partial charge in [0, 0.05) is 28.9 Å². The number of aromatic nitrogens is 3. The van der Waals surface area contributed by atoms with Crippen molar-refractivity contribution in [2.45, 2.75) is 0 Å². The van der Waals surface area contributed by atoms with E-state index in [1.165, 1.54) is 16.7 Å². The van der Waals surface area contributed by atoms with E-state index in [9.17, 15) is 0 Å². The van der Waals surface area contributed by atoms with E-state index in [4.69, 9.17) is 9.97 Å². The number of hydrogen-bond acceptors (Lipinski definition) is 3. The van der Waals surface area contributed by atoms with Gasteiger partial charge in [-0.15, -0.1) is 0 Å². The second-order valence-corrected chi connectivity index (χ2v) is 11.3. The summed E-state index contributed by atoms with van der Waals surface area (Å²) in [5, 5.41) is 1.08. The third kappa shape index (κ3) is 5.47. The van der Waals surface area contributed by atoms with E-state index in [-0.39, 0.29) is 0 Å². The molecule has 0 amide bonds. The molecule has 0 bridgehead atoms. The minimum atomic E-state index is 0.844. The topological polar surface area (TPSA) is 38.7 Å². The van der Waals surface area contributed by atoms with Crippen molar-refractivity contribution < 1.29 is 0 Å². The molecule has 0 aliphatic carbocycles. The van der Waals surface area contributed by atoms with E-state index in [2.05, 4.69) is 138 Å². The van der Waals surface area contributed by atoms with Crippen molar-refractivity contribution in [1.29, 1.82) is 0 Å². The molecule has 216 valence electrons. The van der Waals surface area contributed by atoms with Crippen molar-refractivity contribution >= 4 is 10.9 Å². The summed E-state index contributed by atoms with van der Waals surface area (Å²) >= 11 is 0. The Labute approximate surface area is 268 Å². The van der Waals surface area contributed by atoms with Crippen LogP contribution in [-0.4, -0.2) is 15.0 Å². The fourth-order valence-electron chi connectivity index (χ4n) is 6.01. The van der Waals surface area contributed by atoms with Gasteiger partial charge in [0.1, 0.15) is 0 Å². The van der Waals surface area contributed by atoms with Gasteiger partial charge < -0.3 is 0 Å². The van der Waals surface area contributed by atoms with E-state index in [1.54, 1.807) is 6.20 Å². The molecular weight excluding hydrogens is 558 g/mol. The molecule has 0 aliphatic rings. The molecule has 0 fully saturated rings. The summed E-state index contributed by atoms with van der Waals surface area (Å²) in [5.41, 5.74) is 13.8. The molecule has 0 spiro atoms. The minimum Gasteiger partial charge on any atom is -0.255 e. The molecule has 0 N–H and O–H groups in total. The lowest BCUT2D eigenvalue weighted by Gasteiger charge is -2.14. The Hall–Kier alpha value is -6.19. The monoisotopic (exact) mass is 587 g/mol. The summed E-state index contributed by atoms with van der Waals surface area (Å²) < 4.78 is 0. The summed E-state index contributed by atoms with van der Waals surface area (Å²) in [6, 6.07) is 57.2. The van der Waals surface area contributed by atoms with Gasteiger partial charge in [-0.25, -0.2) is 4.98 Å². The Morgan fingerprint density at radius 1 is 0.326 bits per heavy atom. The third-order valence-electron chi connectivity index (χ3n) is 8.38. The molecule has 0 atom stereocenters. The first kappa shape index (κ1) is 27.4. The summed E-state index contributed by atoms with van der Waals surface area (Å²) in [6.07, 6.45) is 3.75. The van der Waals surface area contributed by atoms with Crippen LogP contribution in [-0.2, 0) is 0 Å². The molecule has 8 aromatic rings. The minimum absolute atomic E-state index is 0.844. The van der Waals surface area contributed by atoms with Crippen LogP contribution in [0, 0.1) is 0 Å². The van der Waals surface area contributed by atoms with Gasteiger partial charge in [0.2, 0.25) is 0 Å². The third-order valence-corrected chi connectivity index (χ3v) is 8.38. The maximum absolute atomic E-state index is 5.20. The Morgan fingerprint density at radius 3 is 1.54 bits per heavy atom. The Balaban J connectivity index is 1.27. The number of benzene rings is 5. The lowest BCUT2D eigenvalue weighted by molar-refractivity contribution is 1.25. The number of pyridine rings is 3. The Morgan fingerprint density at radius 2 is 0.891 bits per heavy atom. The average Bonchev–Trinajstić information content (AvgIpc) is 3.15. The number of hydrogen-bond donors (Lipinski definition) is 0. The highest BCUT2D eigenvalue weighted by molar-refractivity contribution is 5.99. The summed E-state index contributed by atoms with van der Waals surface area (Å²) in [7, 11) is 0. The van der Waals surface area contributed by atoms with Crippen LogP contribution in [0.25, 0.3) is 78.1 Å². The second-order valence-electron chi connectivity index (χ2n) is 11.3. The van der Waals surface area contributed by atoms with Gasteiger partial charge in [-0.05, 0) is 87.5 Å². The summed E-state index contributed by atoms with van der Waals surface area (Å²) in [5.74, 6) is 0. The Bertz CT molecular complexity index is 2280. The second kappa shape index (κ2) is 12.1. The van der Waals surface area contributed by atoms with Gasteiger partial charge in [-0.2, -0.15) is 0 Å². The first-order valence-corrected chi connectivity index (χ1v) is 15.4. The molecule has 3 nitrogen and oxygen atoms in total. The molecule has 3 heteroatoms. The molecule has 46 heavy (non-hydrogen) atoms. The highest BCUT2D eigenvalue weighted by Crippen LogP contribution is 2.36. The van der Waals surface area contributed by atoms with Crippen molar-refractivity contribution in [3.05, 3.63) is 176 Å². The molecule has 0 aliphatic heterocycles. The van der Waals surface area contributed by atoms with Crippen LogP contribution in [0.1, 0.15) is 0 Å². The molecule has 0 saturated carbocycles. The lowest BCUT2D eigenvalue weighted by Crippen LogP contribution is -1.93. The van der Waals surface area contributed by atoms with Crippen molar-refractivity contribution in [1.82, 2.24) is 15.0 Å². The largest absolute Gasteiger partial charge is 0.255 e. The number of fused-ring (bicyclic) bond motifs is 1. The normalized spacial score (nSPS) is 11.0. The van der Waals surface area contributed by atoms with Gasteiger partial charge in [0.15, 0.2) is 0 Å². The first-order chi connectivity index (χ1) is 22.8. The van der Waals surface area contributed by atoms with Crippen LogP contribution in [0.5, 0.6) is 0 Å². The smallest absolute Gasteiger partial charge is 0.0886 e. The zero-order valence-corrected chi connectivity index (χ0v) is 25.1. The van der Waals surface area contributed by atoms with Crippen LogP contribution in [0.4, 0.5) is 0 Å². The standard InChI is InChI=1S/C43H29N3/c1-3-11-30(12-4-1)32-15-9-17-34(25-32)35-20-22-40-39(27-35)38(37-21-23-42(45-29-37)41-19-7-8-24-44-41)28-43(46-40)36-18-10-16-33(26-36)31-13-5-2-6-14-31/h1-29H. The molecule has 3 heterocycles. The van der Waals surface area contributed by atoms with Gasteiger partial charge in [-0.3, -0.25) is 9.97 Å². The van der Waals surface area contributed by atoms with Gasteiger partial charge in [0.05, 0.1) is 22.6 Å². The van der Waals surface area contributed by atoms with Crippen LogP contribution in [0.3, 0.4) is 0 Å². The maximum atomic E-state index is 5.20. The van der Waals surface area contributed by atoms with Crippen LogP contribution in [0.15, 0.2) is 176 Å². The van der Waals surface area contributed by atoms with Crippen LogP contribution >= 0.6 is 0 Å². The zero-order chi connectivity index (χ0) is 30.7. The van der Waals surface area contributed by atoms with Crippen molar-refractivity contribution in [2.75, 3.05) is 0 Å². The van der Waals surface area contributed by atoms with E-state index in [0.717, 1.165) is 61.4 Å².